The molecule has 0 saturated heterocycles. The fourth-order valence-corrected chi connectivity index (χ4v) is 0.786. The molecule has 1 N–H and O–H groups in total. The third-order valence-electron chi connectivity index (χ3n) is 1.09. The molecule has 0 aromatic carbocycles. The zero-order chi connectivity index (χ0) is 8.97. The van der Waals surface area contributed by atoms with Crippen LogP contribution in [0.25, 0.3) is 0 Å². The molecule has 0 aliphatic carbocycles. The number of amides is 1. The summed E-state index contributed by atoms with van der Waals surface area (Å²) in [7, 11) is 0. The van der Waals surface area contributed by atoms with Gasteiger partial charge in [0.2, 0.25) is 11.8 Å². The van der Waals surface area contributed by atoms with Gasteiger partial charge in [0.1, 0.15) is 0 Å². The predicted molar refractivity (Wildman–Crippen MR) is 43.0 cm³/mol. The number of anilines is 1. The Bertz CT molecular complexity index is 274. The maximum absolute atomic E-state index is 10.9. The van der Waals surface area contributed by atoms with Gasteiger partial charge in [0.15, 0.2) is 0 Å². The van der Waals surface area contributed by atoms with Crippen molar-refractivity contribution in [2.75, 3.05) is 11.2 Å². The monoisotopic (exact) mass is 189 g/mol. The standard InChI is InChI=1S/C6H8ClN3O2/c1-4-9-10-6(12-4)8-5(11)2-3-7/h2-3H2,1H3,(H,8,10,11). The van der Waals surface area contributed by atoms with Crippen molar-refractivity contribution in [3.63, 3.8) is 0 Å². The van der Waals surface area contributed by atoms with Crippen LogP contribution in [-0.4, -0.2) is 22.0 Å². The number of nitrogens with zero attached hydrogens (tertiary/aromatic N) is 2. The molecular formula is C6H8ClN3O2. The van der Waals surface area contributed by atoms with Crippen LogP contribution in [0, 0.1) is 6.92 Å². The lowest BCUT2D eigenvalue weighted by molar-refractivity contribution is -0.115. The highest BCUT2D eigenvalue weighted by Gasteiger charge is 2.05. The minimum atomic E-state index is -0.228. The Hall–Kier alpha value is -1.10. The molecule has 0 unspecified atom stereocenters. The van der Waals surface area contributed by atoms with Crippen LogP contribution in [0.2, 0.25) is 0 Å². The van der Waals surface area contributed by atoms with Crippen LogP contribution in [-0.2, 0) is 4.79 Å². The molecule has 0 bridgehead atoms. The number of aromatic nitrogens is 2. The molecule has 0 aliphatic heterocycles. The molecule has 0 radical (unpaired) electrons. The smallest absolute Gasteiger partial charge is 0.322 e. The van der Waals surface area contributed by atoms with Crippen molar-refractivity contribution in [3.05, 3.63) is 5.89 Å². The molecule has 1 amide bonds. The summed E-state index contributed by atoms with van der Waals surface area (Å²) in [6, 6.07) is 0.114. The van der Waals surface area contributed by atoms with Gasteiger partial charge in [-0.05, 0) is 0 Å². The topological polar surface area (TPSA) is 68.0 Å². The highest BCUT2D eigenvalue weighted by atomic mass is 35.5. The van der Waals surface area contributed by atoms with E-state index in [9.17, 15) is 4.79 Å². The molecular weight excluding hydrogens is 182 g/mol. The third kappa shape index (κ3) is 2.50. The molecule has 0 aliphatic rings. The van der Waals surface area contributed by atoms with Crippen molar-refractivity contribution in [1.29, 1.82) is 0 Å². The number of hydrogen-bond donors (Lipinski definition) is 1. The summed E-state index contributed by atoms with van der Waals surface area (Å²) >= 11 is 5.34. The third-order valence-corrected chi connectivity index (χ3v) is 1.28. The summed E-state index contributed by atoms with van der Waals surface area (Å²) in [5.74, 6) is 0.462. The number of halogens is 1. The van der Waals surface area contributed by atoms with Gasteiger partial charge in [0, 0.05) is 19.2 Å². The minimum absolute atomic E-state index is 0.114. The van der Waals surface area contributed by atoms with E-state index in [2.05, 4.69) is 15.5 Å². The van der Waals surface area contributed by atoms with E-state index in [1.807, 2.05) is 0 Å². The number of carbonyl (C=O) groups is 1. The Morgan fingerprint density at radius 1 is 1.67 bits per heavy atom. The SMILES string of the molecule is Cc1nnc(NC(=O)CCCl)o1. The first-order valence-corrected chi connectivity index (χ1v) is 3.91. The number of carbonyl (C=O) groups excluding carboxylic acids is 1. The van der Waals surface area contributed by atoms with Gasteiger partial charge in [0.25, 0.3) is 0 Å². The first kappa shape index (κ1) is 8.99. The molecule has 1 heterocycles. The van der Waals surface area contributed by atoms with Gasteiger partial charge in [-0.15, -0.1) is 16.7 Å². The number of hydrogen-bond acceptors (Lipinski definition) is 4. The second-order valence-corrected chi connectivity index (χ2v) is 2.49. The highest BCUT2D eigenvalue weighted by Crippen LogP contribution is 2.03. The van der Waals surface area contributed by atoms with Gasteiger partial charge in [0.05, 0.1) is 0 Å². The van der Waals surface area contributed by atoms with Crippen LogP contribution in [0.4, 0.5) is 6.01 Å². The zero-order valence-electron chi connectivity index (χ0n) is 6.50. The summed E-state index contributed by atoms with van der Waals surface area (Å²) in [6.07, 6.45) is 0.239. The average Bonchev–Trinajstić information content (AvgIpc) is 2.36. The summed E-state index contributed by atoms with van der Waals surface area (Å²) in [4.78, 5) is 10.9. The summed E-state index contributed by atoms with van der Waals surface area (Å²) in [5, 5.41) is 9.51. The Morgan fingerprint density at radius 3 is 2.92 bits per heavy atom. The molecule has 5 nitrogen and oxygen atoms in total. The molecule has 1 aromatic rings. The van der Waals surface area contributed by atoms with Gasteiger partial charge in [-0.1, -0.05) is 5.10 Å². The Kier molecular flexibility index (Phi) is 3.04. The fraction of sp³-hybridized carbons (Fsp3) is 0.500. The second kappa shape index (κ2) is 4.06. The zero-order valence-corrected chi connectivity index (χ0v) is 7.26. The molecule has 0 atom stereocenters. The molecule has 6 heteroatoms. The van der Waals surface area contributed by atoms with Crippen LogP contribution >= 0.6 is 11.6 Å². The molecule has 0 saturated carbocycles. The highest BCUT2D eigenvalue weighted by molar-refractivity contribution is 6.19. The Morgan fingerprint density at radius 2 is 2.42 bits per heavy atom. The molecule has 0 fully saturated rings. The number of rotatable bonds is 3. The van der Waals surface area contributed by atoms with Gasteiger partial charge >= 0.3 is 6.01 Å². The van der Waals surface area contributed by atoms with E-state index in [0.717, 1.165) is 0 Å². The van der Waals surface area contributed by atoms with Gasteiger partial charge in [-0.2, -0.15) is 0 Å². The lowest BCUT2D eigenvalue weighted by atomic mass is 10.5. The Balaban J connectivity index is 2.46. The van der Waals surface area contributed by atoms with E-state index in [4.69, 9.17) is 16.0 Å². The fourth-order valence-electron chi connectivity index (χ4n) is 0.615. The first-order valence-electron chi connectivity index (χ1n) is 3.38. The maximum atomic E-state index is 10.9. The van der Waals surface area contributed by atoms with Crippen molar-refractivity contribution in [1.82, 2.24) is 10.2 Å². The van der Waals surface area contributed by atoms with Crippen molar-refractivity contribution in [2.45, 2.75) is 13.3 Å². The van der Waals surface area contributed by atoms with E-state index >= 15 is 0 Å². The maximum Gasteiger partial charge on any atom is 0.322 e. The van der Waals surface area contributed by atoms with Crippen LogP contribution in [0.5, 0.6) is 0 Å². The van der Waals surface area contributed by atoms with E-state index in [1.165, 1.54) is 0 Å². The molecule has 1 aromatic heterocycles. The predicted octanol–water partition coefficient (Wildman–Crippen LogP) is 0.945. The normalized spacial score (nSPS) is 9.83. The molecule has 1 rings (SSSR count). The molecule has 0 spiro atoms. The number of nitrogens with one attached hydrogen (secondary N) is 1. The van der Waals surface area contributed by atoms with Crippen LogP contribution in [0.15, 0.2) is 4.42 Å². The summed E-state index contributed by atoms with van der Waals surface area (Å²) in [6.45, 7) is 1.64. The van der Waals surface area contributed by atoms with Gasteiger partial charge in [-0.25, -0.2) is 0 Å². The number of alkyl halides is 1. The van der Waals surface area contributed by atoms with E-state index in [-0.39, 0.29) is 24.2 Å². The average molecular weight is 190 g/mol. The van der Waals surface area contributed by atoms with Crippen molar-refractivity contribution < 1.29 is 9.21 Å². The lowest BCUT2D eigenvalue weighted by Crippen LogP contribution is -2.11. The molecule has 66 valence electrons. The lowest BCUT2D eigenvalue weighted by Gasteiger charge is -1.95. The van der Waals surface area contributed by atoms with Crippen LogP contribution in [0.3, 0.4) is 0 Å². The van der Waals surface area contributed by atoms with E-state index < -0.39 is 0 Å². The first-order chi connectivity index (χ1) is 5.72. The summed E-state index contributed by atoms with van der Waals surface area (Å²) < 4.78 is 4.90. The van der Waals surface area contributed by atoms with E-state index in [0.29, 0.717) is 5.89 Å². The van der Waals surface area contributed by atoms with Gasteiger partial charge in [-0.3, -0.25) is 10.1 Å². The van der Waals surface area contributed by atoms with Crippen molar-refractivity contribution in [3.8, 4) is 0 Å². The van der Waals surface area contributed by atoms with E-state index in [1.54, 1.807) is 6.92 Å². The van der Waals surface area contributed by atoms with Crippen molar-refractivity contribution in [2.24, 2.45) is 0 Å². The Labute approximate surface area is 74.1 Å². The second-order valence-electron chi connectivity index (χ2n) is 2.11. The van der Waals surface area contributed by atoms with Gasteiger partial charge < -0.3 is 4.42 Å². The van der Waals surface area contributed by atoms with Crippen LogP contribution in [0.1, 0.15) is 12.3 Å². The van der Waals surface area contributed by atoms with Crippen LogP contribution < -0.4 is 5.32 Å². The molecule has 12 heavy (non-hydrogen) atoms. The quantitative estimate of drug-likeness (QED) is 0.719. The largest absolute Gasteiger partial charge is 0.408 e. The summed E-state index contributed by atoms with van der Waals surface area (Å²) in [5.41, 5.74) is 0. The number of aryl methyl sites for hydroxylation is 1. The van der Waals surface area contributed by atoms with Crippen molar-refractivity contribution >= 4 is 23.5 Å². The minimum Gasteiger partial charge on any atom is -0.408 e.